The van der Waals surface area contributed by atoms with Crippen LogP contribution in [0, 0.1) is 0 Å². The van der Waals surface area contributed by atoms with Crippen molar-refractivity contribution in [3.05, 3.63) is 12.2 Å². The molecule has 422 valence electrons. The molecule has 0 fully saturated rings. The highest BCUT2D eigenvalue weighted by Gasteiger charge is 2.20. The van der Waals surface area contributed by atoms with Gasteiger partial charge in [0.2, 0.25) is 5.91 Å². The smallest absolute Gasteiger partial charge is 0.305 e. The fraction of sp³-hybridized carbons (Fsp3) is 0.938. The van der Waals surface area contributed by atoms with Crippen molar-refractivity contribution in [2.75, 3.05) is 13.2 Å². The number of ether oxygens (including phenoxy) is 1. The van der Waals surface area contributed by atoms with Crippen LogP contribution in [0.4, 0.5) is 0 Å². The third-order valence-electron chi connectivity index (χ3n) is 15.3. The molecule has 0 bridgehead atoms. The van der Waals surface area contributed by atoms with Gasteiger partial charge in [-0.1, -0.05) is 315 Å². The lowest BCUT2D eigenvalue weighted by Crippen LogP contribution is -2.45. The first-order valence-corrected chi connectivity index (χ1v) is 32.4. The summed E-state index contributed by atoms with van der Waals surface area (Å²) in [5.41, 5.74) is 0. The fourth-order valence-corrected chi connectivity index (χ4v) is 10.3. The molecule has 0 aliphatic heterocycles. The molecule has 0 aliphatic carbocycles. The molecule has 0 rings (SSSR count). The predicted molar refractivity (Wildman–Crippen MR) is 310 cm³/mol. The molecular formula is C65H127NO5. The minimum atomic E-state index is -0.674. The zero-order valence-electron chi connectivity index (χ0n) is 48.2. The number of unbranched alkanes of at least 4 members (excludes halogenated alkanes) is 48. The third-order valence-corrected chi connectivity index (χ3v) is 15.3. The molecule has 0 aromatic rings. The Morgan fingerprint density at radius 1 is 0.380 bits per heavy atom. The van der Waals surface area contributed by atoms with Gasteiger partial charge in [-0.3, -0.25) is 9.59 Å². The summed E-state index contributed by atoms with van der Waals surface area (Å²) in [6.45, 7) is 4.97. The van der Waals surface area contributed by atoms with Gasteiger partial charge in [0.1, 0.15) is 0 Å². The van der Waals surface area contributed by atoms with E-state index in [2.05, 4.69) is 31.3 Å². The molecule has 0 radical (unpaired) electrons. The molecule has 6 nitrogen and oxygen atoms in total. The fourth-order valence-electron chi connectivity index (χ4n) is 10.3. The van der Waals surface area contributed by atoms with Crippen molar-refractivity contribution < 1.29 is 24.5 Å². The number of nitrogens with one attached hydrogen (secondary N) is 1. The van der Waals surface area contributed by atoms with Crippen LogP contribution in [-0.4, -0.2) is 47.4 Å². The number of amides is 1. The average Bonchev–Trinajstić information content (AvgIpc) is 3.37. The molecule has 2 unspecified atom stereocenters. The van der Waals surface area contributed by atoms with Crippen LogP contribution < -0.4 is 5.32 Å². The lowest BCUT2D eigenvalue weighted by Gasteiger charge is -2.22. The number of carbonyl (C=O) groups is 2. The maximum atomic E-state index is 12.5. The van der Waals surface area contributed by atoms with Gasteiger partial charge < -0.3 is 20.3 Å². The van der Waals surface area contributed by atoms with E-state index in [0.29, 0.717) is 25.9 Å². The van der Waals surface area contributed by atoms with E-state index >= 15 is 0 Å². The van der Waals surface area contributed by atoms with Crippen LogP contribution in [0.2, 0.25) is 0 Å². The molecule has 1 amide bonds. The van der Waals surface area contributed by atoms with E-state index in [0.717, 1.165) is 57.8 Å². The molecule has 0 saturated heterocycles. The highest BCUT2D eigenvalue weighted by Crippen LogP contribution is 2.18. The van der Waals surface area contributed by atoms with Gasteiger partial charge in [0, 0.05) is 12.8 Å². The Kier molecular flexibility index (Phi) is 59.9. The molecule has 0 heterocycles. The standard InChI is InChI=1S/C65H127NO5/c1-3-5-7-9-11-13-15-16-17-18-19-20-21-22-23-24-25-28-31-34-38-41-45-49-53-57-63(68)62(61-67)66-64(69)58-54-50-46-42-39-35-32-29-26-27-30-33-36-40-44-48-52-56-60-71-65(70)59-55-51-47-43-37-14-12-10-8-6-4-2/h29,32,62-63,67-68H,3-28,30-31,33-61H2,1-2H3,(H,66,69)/b32-29-. The zero-order valence-corrected chi connectivity index (χ0v) is 48.2. The van der Waals surface area contributed by atoms with Crippen LogP contribution in [0.1, 0.15) is 367 Å². The molecule has 0 aliphatic rings. The summed E-state index contributed by atoms with van der Waals surface area (Å²) in [5.74, 6) is -0.0409. The van der Waals surface area contributed by atoms with Crippen molar-refractivity contribution in [1.82, 2.24) is 5.32 Å². The van der Waals surface area contributed by atoms with E-state index in [9.17, 15) is 19.8 Å². The van der Waals surface area contributed by atoms with E-state index in [-0.39, 0.29) is 18.5 Å². The van der Waals surface area contributed by atoms with Crippen molar-refractivity contribution >= 4 is 11.9 Å². The number of allylic oxidation sites excluding steroid dienone is 2. The van der Waals surface area contributed by atoms with Gasteiger partial charge in [-0.2, -0.15) is 0 Å². The summed E-state index contributed by atoms with van der Waals surface area (Å²) in [7, 11) is 0. The molecule has 71 heavy (non-hydrogen) atoms. The van der Waals surface area contributed by atoms with E-state index < -0.39 is 12.1 Å². The van der Waals surface area contributed by atoms with Crippen LogP contribution in [-0.2, 0) is 14.3 Å². The summed E-state index contributed by atoms with van der Waals surface area (Å²) in [6.07, 6.45) is 73.7. The summed E-state index contributed by atoms with van der Waals surface area (Å²) >= 11 is 0. The second kappa shape index (κ2) is 61.1. The number of carbonyl (C=O) groups excluding carboxylic acids is 2. The normalized spacial score (nSPS) is 12.6. The van der Waals surface area contributed by atoms with E-state index in [1.165, 1.54) is 276 Å². The average molecular weight is 1000 g/mol. The summed E-state index contributed by atoms with van der Waals surface area (Å²) in [5, 5.41) is 23.4. The maximum absolute atomic E-state index is 12.5. The van der Waals surface area contributed by atoms with Crippen LogP contribution in [0.15, 0.2) is 12.2 Å². The molecule has 0 aromatic heterocycles. The van der Waals surface area contributed by atoms with Gasteiger partial charge in [0.25, 0.3) is 0 Å². The topological polar surface area (TPSA) is 95.9 Å². The molecule has 0 saturated carbocycles. The SMILES string of the molecule is CCCCCCCCCCCCCCCCCCCCCCCCCCCC(O)C(CO)NC(=O)CCCCCCC/C=C\CCCCCCCCCCCOC(=O)CCCCCCCCCCCCC. The van der Waals surface area contributed by atoms with Gasteiger partial charge in [0.05, 0.1) is 25.4 Å². The molecule has 0 aromatic carbocycles. The first-order valence-electron chi connectivity index (χ1n) is 32.4. The van der Waals surface area contributed by atoms with Crippen LogP contribution >= 0.6 is 0 Å². The van der Waals surface area contributed by atoms with Crippen molar-refractivity contribution in [3.8, 4) is 0 Å². The van der Waals surface area contributed by atoms with Crippen molar-refractivity contribution in [3.63, 3.8) is 0 Å². The van der Waals surface area contributed by atoms with Crippen molar-refractivity contribution in [1.29, 1.82) is 0 Å². The largest absolute Gasteiger partial charge is 0.466 e. The Morgan fingerprint density at radius 3 is 1.00 bits per heavy atom. The Hall–Kier alpha value is -1.40. The minimum Gasteiger partial charge on any atom is -0.466 e. The first-order chi connectivity index (χ1) is 35.0. The van der Waals surface area contributed by atoms with Crippen molar-refractivity contribution in [2.45, 2.75) is 379 Å². The summed E-state index contributed by atoms with van der Waals surface area (Å²) in [4.78, 5) is 24.5. The Balaban J connectivity index is 3.44. The Morgan fingerprint density at radius 2 is 0.662 bits per heavy atom. The third kappa shape index (κ3) is 57.7. The van der Waals surface area contributed by atoms with Crippen LogP contribution in [0.25, 0.3) is 0 Å². The monoisotopic (exact) mass is 1000 g/mol. The number of esters is 1. The molecule has 3 N–H and O–H groups in total. The number of aliphatic hydroxyl groups is 2. The van der Waals surface area contributed by atoms with E-state index in [4.69, 9.17) is 4.74 Å². The minimum absolute atomic E-state index is 0.00377. The quantitative estimate of drug-likeness (QED) is 0.0320. The van der Waals surface area contributed by atoms with Crippen LogP contribution in [0.3, 0.4) is 0 Å². The number of hydrogen-bond acceptors (Lipinski definition) is 5. The Labute approximate surface area is 444 Å². The number of rotatable bonds is 61. The zero-order chi connectivity index (χ0) is 51.4. The molecule has 6 heteroatoms. The lowest BCUT2D eigenvalue weighted by atomic mass is 10.0. The highest BCUT2D eigenvalue weighted by molar-refractivity contribution is 5.76. The van der Waals surface area contributed by atoms with Gasteiger partial charge in [-0.05, 0) is 51.4 Å². The van der Waals surface area contributed by atoms with Crippen LogP contribution in [0.5, 0.6) is 0 Å². The van der Waals surface area contributed by atoms with Gasteiger partial charge >= 0.3 is 5.97 Å². The van der Waals surface area contributed by atoms with E-state index in [1.807, 2.05) is 0 Å². The first kappa shape index (κ1) is 69.6. The number of hydrogen-bond donors (Lipinski definition) is 3. The highest BCUT2D eigenvalue weighted by atomic mass is 16.5. The maximum Gasteiger partial charge on any atom is 0.305 e. The molecule has 2 atom stereocenters. The van der Waals surface area contributed by atoms with Crippen molar-refractivity contribution in [2.24, 2.45) is 0 Å². The second-order valence-corrected chi connectivity index (χ2v) is 22.5. The lowest BCUT2D eigenvalue weighted by molar-refractivity contribution is -0.143. The van der Waals surface area contributed by atoms with Gasteiger partial charge in [0.15, 0.2) is 0 Å². The van der Waals surface area contributed by atoms with E-state index in [1.54, 1.807) is 0 Å². The molecule has 0 spiro atoms. The molecular weight excluding hydrogens is 875 g/mol. The summed E-state index contributed by atoms with van der Waals surface area (Å²) < 4.78 is 5.46. The number of aliphatic hydroxyl groups excluding tert-OH is 2. The van der Waals surface area contributed by atoms with Gasteiger partial charge in [-0.25, -0.2) is 0 Å². The van der Waals surface area contributed by atoms with Gasteiger partial charge in [-0.15, -0.1) is 0 Å². The predicted octanol–water partition coefficient (Wildman–Crippen LogP) is 20.4. The summed E-state index contributed by atoms with van der Waals surface area (Å²) in [6, 6.07) is -0.552. The Bertz CT molecular complexity index is 1060. The second-order valence-electron chi connectivity index (χ2n) is 22.5.